The van der Waals surface area contributed by atoms with Crippen LogP contribution in [0.4, 0.5) is 0 Å². The van der Waals surface area contributed by atoms with Crippen LogP contribution in [-0.2, 0) is 11.8 Å². The lowest BCUT2D eigenvalue weighted by Gasteiger charge is -2.18. The lowest BCUT2D eigenvalue weighted by atomic mass is 9.91. The van der Waals surface area contributed by atoms with Gasteiger partial charge in [0.15, 0.2) is 0 Å². The van der Waals surface area contributed by atoms with E-state index in [4.69, 9.17) is 4.74 Å². The number of aromatic nitrogens is 2. The number of pyridine rings is 2. The Morgan fingerprint density at radius 1 is 1.00 bits per heavy atom. The van der Waals surface area contributed by atoms with Crippen LogP contribution in [0.5, 0.6) is 0 Å². The molecule has 0 aliphatic rings. The van der Waals surface area contributed by atoms with Crippen LogP contribution in [0.1, 0.15) is 15.9 Å². The average molecular weight is 384 g/mol. The largest absolute Gasteiger partial charge is 0.465 e. The van der Waals surface area contributed by atoms with Gasteiger partial charge in [0, 0.05) is 29.8 Å². The molecular formula is C24H20N2O3. The summed E-state index contributed by atoms with van der Waals surface area (Å²) in [7, 11) is 2.95. The summed E-state index contributed by atoms with van der Waals surface area (Å²) in [5, 5.41) is 0.794. The third-order valence-corrected chi connectivity index (χ3v) is 5.14. The van der Waals surface area contributed by atoms with Crippen molar-refractivity contribution in [1.29, 1.82) is 0 Å². The highest BCUT2D eigenvalue weighted by Gasteiger charge is 2.25. The van der Waals surface area contributed by atoms with Crippen LogP contribution < -0.4 is 5.56 Å². The van der Waals surface area contributed by atoms with Gasteiger partial charge in [0.25, 0.3) is 5.56 Å². The molecule has 0 radical (unpaired) electrons. The SMILES string of the molecule is COC(=O)c1c(-c2ccccc2)c2c(-c3ncccc3C)cccc2n(C)c1=O. The summed E-state index contributed by atoms with van der Waals surface area (Å²) in [6.07, 6.45) is 1.74. The van der Waals surface area contributed by atoms with E-state index < -0.39 is 11.5 Å². The van der Waals surface area contributed by atoms with Crippen molar-refractivity contribution in [3.8, 4) is 22.4 Å². The number of benzene rings is 2. The summed E-state index contributed by atoms with van der Waals surface area (Å²) in [6.45, 7) is 1.99. The lowest BCUT2D eigenvalue weighted by molar-refractivity contribution is 0.0599. The highest BCUT2D eigenvalue weighted by Crippen LogP contribution is 2.37. The molecule has 5 heteroatoms. The van der Waals surface area contributed by atoms with E-state index in [9.17, 15) is 9.59 Å². The Morgan fingerprint density at radius 3 is 2.45 bits per heavy atom. The molecule has 2 heterocycles. The molecule has 0 aliphatic heterocycles. The highest BCUT2D eigenvalue weighted by molar-refractivity contribution is 6.11. The molecule has 0 unspecified atom stereocenters. The molecule has 2 aromatic carbocycles. The summed E-state index contributed by atoms with van der Waals surface area (Å²) in [5.74, 6) is -0.654. The summed E-state index contributed by atoms with van der Waals surface area (Å²) < 4.78 is 6.48. The topological polar surface area (TPSA) is 61.2 Å². The number of aryl methyl sites for hydroxylation is 2. The zero-order valence-corrected chi connectivity index (χ0v) is 16.5. The minimum Gasteiger partial charge on any atom is -0.465 e. The maximum Gasteiger partial charge on any atom is 0.344 e. The van der Waals surface area contributed by atoms with Crippen LogP contribution in [0.2, 0.25) is 0 Å². The van der Waals surface area contributed by atoms with Crippen molar-refractivity contribution in [1.82, 2.24) is 9.55 Å². The number of hydrogen-bond donors (Lipinski definition) is 0. The van der Waals surface area contributed by atoms with Gasteiger partial charge < -0.3 is 9.30 Å². The number of ether oxygens (including phenoxy) is 1. The maximum absolute atomic E-state index is 13.1. The second-order valence-corrected chi connectivity index (χ2v) is 6.84. The number of rotatable bonds is 3. The number of nitrogens with zero attached hydrogens (tertiary/aromatic N) is 2. The Bertz CT molecular complexity index is 1290. The van der Waals surface area contributed by atoms with Gasteiger partial charge in [0.2, 0.25) is 0 Å². The van der Waals surface area contributed by atoms with Crippen molar-refractivity contribution in [3.63, 3.8) is 0 Å². The molecule has 2 aromatic heterocycles. The van der Waals surface area contributed by atoms with Crippen LogP contribution in [-0.4, -0.2) is 22.6 Å². The third-order valence-electron chi connectivity index (χ3n) is 5.14. The van der Waals surface area contributed by atoms with E-state index in [1.807, 2.05) is 67.6 Å². The van der Waals surface area contributed by atoms with E-state index >= 15 is 0 Å². The first-order chi connectivity index (χ1) is 14.0. The van der Waals surface area contributed by atoms with Crippen molar-refractivity contribution in [3.05, 3.63) is 88.3 Å². The van der Waals surface area contributed by atoms with Gasteiger partial charge in [-0.05, 0) is 30.2 Å². The minimum atomic E-state index is -0.654. The molecule has 0 saturated carbocycles. The zero-order chi connectivity index (χ0) is 20.5. The summed E-state index contributed by atoms with van der Waals surface area (Å²) in [6, 6.07) is 19.1. The van der Waals surface area contributed by atoms with E-state index in [0.717, 1.165) is 33.3 Å². The van der Waals surface area contributed by atoms with E-state index in [1.165, 1.54) is 11.7 Å². The summed E-state index contributed by atoms with van der Waals surface area (Å²) in [4.78, 5) is 30.4. The molecule has 144 valence electrons. The maximum atomic E-state index is 13.1. The molecule has 0 aliphatic carbocycles. The second-order valence-electron chi connectivity index (χ2n) is 6.84. The van der Waals surface area contributed by atoms with Crippen molar-refractivity contribution in [2.24, 2.45) is 7.05 Å². The molecule has 0 fully saturated rings. The monoisotopic (exact) mass is 384 g/mol. The van der Waals surface area contributed by atoms with Crippen LogP contribution >= 0.6 is 0 Å². The Balaban J connectivity index is 2.28. The Labute approximate surface area is 168 Å². The molecule has 0 bridgehead atoms. The smallest absolute Gasteiger partial charge is 0.344 e. The first-order valence-electron chi connectivity index (χ1n) is 9.26. The highest BCUT2D eigenvalue weighted by atomic mass is 16.5. The van der Waals surface area contributed by atoms with Gasteiger partial charge in [-0.1, -0.05) is 48.5 Å². The molecule has 5 nitrogen and oxygen atoms in total. The molecule has 0 spiro atoms. The fourth-order valence-electron chi connectivity index (χ4n) is 3.74. The van der Waals surface area contributed by atoms with Gasteiger partial charge in [-0.3, -0.25) is 9.78 Å². The van der Waals surface area contributed by atoms with E-state index in [-0.39, 0.29) is 5.56 Å². The molecule has 4 rings (SSSR count). The first kappa shape index (κ1) is 18.6. The Hall–Kier alpha value is -3.73. The van der Waals surface area contributed by atoms with Crippen LogP contribution in [0.3, 0.4) is 0 Å². The number of methoxy groups -OCH3 is 1. The van der Waals surface area contributed by atoms with E-state index in [2.05, 4.69) is 4.98 Å². The minimum absolute atomic E-state index is 0.0229. The van der Waals surface area contributed by atoms with Crippen LogP contribution in [0.15, 0.2) is 71.7 Å². The molecular weight excluding hydrogens is 364 g/mol. The lowest BCUT2D eigenvalue weighted by Crippen LogP contribution is -2.27. The van der Waals surface area contributed by atoms with Crippen molar-refractivity contribution >= 4 is 16.9 Å². The quantitative estimate of drug-likeness (QED) is 0.492. The fourth-order valence-corrected chi connectivity index (χ4v) is 3.74. The standard InChI is InChI=1S/C24H20N2O3/c1-15-9-8-14-25-22(15)17-12-7-13-18-20(17)19(16-10-5-4-6-11-16)21(24(28)29-3)23(27)26(18)2/h4-14H,1-3H3. The molecule has 0 saturated heterocycles. The van der Waals surface area contributed by atoms with Crippen molar-refractivity contribution < 1.29 is 9.53 Å². The first-order valence-corrected chi connectivity index (χ1v) is 9.26. The average Bonchev–Trinajstić information content (AvgIpc) is 2.76. The second kappa shape index (κ2) is 7.36. The number of carbonyl (C=O) groups is 1. The van der Waals surface area contributed by atoms with Gasteiger partial charge in [-0.15, -0.1) is 0 Å². The number of esters is 1. The van der Waals surface area contributed by atoms with E-state index in [1.54, 1.807) is 13.2 Å². The molecule has 4 aromatic rings. The van der Waals surface area contributed by atoms with Crippen molar-refractivity contribution in [2.45, 2.75) is 6.92 Å². The zero-order valence-electron chi connectivity index (χ0n) is 16.5. The fraction of sp³-hybridized carbons (Fsp3) is 0.125. The van der Waals surface area contributed by atoms with Gasteiger partial charge in [-0.2, -0.15) is 0 Å². The normalized spacial score (nSPS) is 10.9. The number of fused-ring (bicyclic) bond motifs is 1. The van der Waals surface area contributed by atoms with Gasteiger partial charge in [-0.25, -0.2) is 4.79 Å². The number of hydrogen-bond acceptors (Lipinski definition) is 4. The van der Waals surface area contributed by atoms with Gasteiger partial charge in [0.1, 0.15) is 5.56 Å². The van der Waals surface area contributed by atoms with Gasteiger partial charge in [0.05, 0.1) is 18.3 Å². The predicted molar refractivity (Wildman–Crippen MR) is 114 cm³/mol. The third kappa shape index (κ3) is 3.01. The molecule has 0 amide bonds. The summed E-state index contributed by atoms with van der Waals surface area (Å²) in [5.41, 5.74) is 4.38. The van der Waals surface area contributed by atoms with Crippen LogP contribution in [0, 0.1) is 6.92 Å². The van der Waals surface area contributed by atoms with E-state index in [0.29, 0.717) is 5.56 Å². The van der Waals surface area contributed by atoms with Crippen molar-refractivity contribution in [2.75, 3.05) is 7.11 Å². The summed E-state index contributed by atoms with van der Waals surface area (Å²) >= 11 is 0. The Morgan fingerprint density at radius 2 is 1.76 bits per heavy atom. The van der Waals surface area contributed by atoms with Gasteiger partial charge >= 0.3 is 5.97 Å². The molecule has 0 N–H and O–H groups in total. The van der Waals surface area contributed by atoms with Crippen LogP contribution in [0.25, 0.3) is 33.3 Å². The predicted octanol–water partition coefficient (Wildman–Crippen LogP) is 4.36. The molecule has 0 atom stereocenters. The Kier molecular flexibility index (Phi) is 4.72. The number of carbonyl (C=O) groups excluding carboxylic acids is 1. The molecule has 29 heavy (non-hydrogen) atoms.